The fourth-order valence-electron chi connectivity index (χ4n) is 3.07. The molecule has 2 aliphatic rings. The minimum atomic E-state index is -3.27. The Morgan fingerprint density at radius 2 is 1.96 bits per heavy atom. The van der Waals surface area contributed by atoms with Crippen LogP contribution < -0.4 is 19.1 Å². The fraction of sp³-hybridized carbons (Fsp3) is 0.278. The van der Waals surface area contributed by atoms with Gasteiger partial charge in [0.1, 0.15) is 0 Å². The van der Waals surface area contributed by atoms with Gasteiger partial charge < -0.3 is 14.8 Å². The number of sulfonamides is 1. The van der Waals surface area contributed by atoms with E-state index in [4.69, 9.17) is 9.47 Å². The molecule has 2 aromatic carbocycles. The van der Waals surface area contributed by atoms with Gasteiger partial charge in [-0.25, -0.2) is 8.42 Å². The van der Waals surface area contributed by atoms with Gasteiger partial charge in [-0.3, -0.25) is 9.10 Å². The maximum atomic E-state index is 12.4. The van der Waals surface area contributed by atoms with Crippen molar-refractivity contribution < 1.29 is 22.7 Å². The predicted octanol–water partition coefficient (Wildman–Crippen LogP) is 1.89. The van der Waals surface area contributed by atoms with Crippen molar-refractivity contribution in [2.45, 2.75) is 13.0 Å². The summed E-state index contributed by atoms with van der Waals surface area (Å²) in [7, 11) is -3.27. The standard InChI is InChI=1S/C18H18N2O5S/c21-18(19-11-13-5-6-16-17(9-13)25-12-24-16)14-3-1-4-15(10-14)20-7-2-8-26(20,22)23/h1,3-6,9-10H,2,7-8,11-12H2,(H,19,21). The zero-order chi connectivity index (χ0) is 18.1. The van der Waals surface area contributed by atoms with Crippen molar-refractivity contribution in [3.63, 3.8) is 0 Å². The van der Waals surface area contributed by atoms with Crippen molar-refractivity contribution in [3.05, 3.63) is 53.6 Å². The van der Waals surface area contributed by atoms with Crippen LogP contribution >= 0.6 is 0 Å². The SMILES string of the molecule is O=C(NCc1ccc2c(c1)OCO2)c1cccc(N2CCCS2(=O)=O)c1. The minimum Gasteiger partial charge on any atom is -0.454 e. The molecule has 0 saturated carbocycles. The molecule has 1 N–H and O–H groups in total. The maximum Gasteiger partial charge on any atom is 0.251 e. The fourth-order valence-corrected chi connectivity index (χ4v) is 4.62. The van der Waals surface area contributed by atoms with E-state index in [0.29, 0.717) is 42.3 Å². The molecule has 0 aromatic heterocycles. The van der Waals surface area contributed by atoms with Crippen LogP contribution in [-0.2, 0) is 16.6 Å². The first-order valence-corrected chi connectivity index (χ1v) is 9.91. The number of hydrogen-bond acceptors (Lipinski definition) is 5. The highest BCUT2D eigenvalue weighted by Gasteiger charge is 2.28. The number of nitrogens with zero attached hydrogens (tertiary/aromatic N) is 1. The van der Waals surface area contributed by atoms with E-state index in [1.54, 1.807) is 24.3 Å². The Balaban J connectivity index is 1.46. The molecule has 4 rings (SSSR count). The highest BCUT2D eigenvalue weighted by Crippen LogP contribution is 2.32. The number of nitrogens with one attached hydrogen (secondary N) is 1. The monoisotopic (exact) mass is 374 g/mol. The van der Waals surface area contributed by atoms with E-state index < -0.39 is 10.0 Å². The van der Waals surface area contributed by atoms with E-state index in [2.05, 4.69) is 5.32 Å². The molecule has 8 heteroatoms. The summed E-state index contributed by atoms with van der Waals surface area (Å²) in [5, 5.41) is 2.84. The Kier molecular flexibility index (Phi) is 4.20. The molecule has 2 aromatic rings. The van der Waals surface area contributed by atoms with Crippen LogP contribution in [0.1, 0.15) is 22.3 Å². The first-order valence-electron chi connectivity index (χ1n) is 8.30. The zero-order valence-corrected chi connectivity index (χ0v) is 14.8. The summed E-state index contributed by atoms with van der Waals surface area (Å²) in [5.41, 5.74) is 1.84. The lowest BCUT2D eigenvalue weighted by Gasteiger charge is -2.17. The van der Waals surface area contributed by atoms with E-state index in [9.17, 15) is 13.2 Å². The summed E-state index contributed by atoms with van der Waals surface area (Å²) in [6, 6.07) is 12.2. The normalized spacial score (nSPS) is 17.3. The van der Waals surface area contributed by atoms with Gasteiger partial charge in [0, 0.05) is 18.7 Å². The zero-order valence-electron chi connectivity index (χ0n) is 14.0. The quantitative estimate of drug-likeness (QED) is 0.883. The largest absolute Gasteiger partial charge is 0.454 e. The van der Waals surface area contributed by atoms with Gasteiger partial charge in [0.2, 0.25) is 16.8 Å². The third-order valence-electron chi connectivity index (χ3n) is 4.39. The number of benzene rings is 2. The average Bonchev–Trinajstić information content (AvgIpc) is 3.24. The Bertz CT molecular complexity index is 958. The summed E-state index contributed by atoms with van der Waals surface area (Å²) >= 11 is 0. The molecule has 1 amide bonds. The van der Waals surface area contributed by atoms with E-state index in [1.807, 2.05) is 18.2 Å². The molecule has 0 aliphatic carbocycles. The van der Waals surface area contributed by atoms with Gasteiger partial charge in [0.05, 0.1) is 11.4 Å². The molecular formula is C18H18N2O5S. The van der Waals surface area contributed by atoms with Gasteiger partial charge in [-0.2, -0.15) is 0 Å². The molecule has 136 valence electrons. The lowest BCUT2D eigenvalue weighted by Crippen LogP contribution is -2.26. The first kappa shape index (κ1) is 16.7. The molecule has 2 heterocycles. The number of ether oxygens (including phenoxy) is 2. The van der Waals surface area contributed by atoms with Gasteiger partial charge in [0.15, 0.2) is 11.5 Å². The highest BCUT2D eigenvalue weighted by atomic mass is 32.2. The van der Waals surface area contributed by atoms with E-state index in [-0.39, 0.29) is 18.5 Å². The Morgan fingerprint density at radius 1 is 1.12 bits per heavy atom. The molecule has 7 nitrogen and oxygen atoms in total. The van der Waals surface area contributed by atoms with Crippen LogP contribution in [0.25, 0.3) is 0 Å². The van der Waals surface area contributed by atoms with Crippen molar-refractivity contribution in [1.82, 2.24) is 5.32 Å². The number of hydrogen-bond donors (Lipinski definition) is 1. The van der Waals surface area contributed by atoms with Crippen molar-refractivity contribution in [1.29, 1.82) is 0 Å². The van der Waals surface area contributed by atoms with Crippen LogP contribution in [0.5, 0.6) is 11.5 Å². The molecule has 0 spiro atoms. The maximum absolute atomic E-state index is 12.4. The molecule has 0 unspecified atom stereocenters. The topological polar surface area (TPSA) is 84.9 Å². The van der Waals surface area contributed by atoms with Crippen molar-refractivity contribution in [3.8, 4) is 11.5 Å². The van der Waals surface area contributed by atoms with Crippen molar-refractivity contribution in [2.24, 2.45) is 0 Å². The van der Waals surface area contributed by atoms with Crippen LogP contribution in [0.2, 0.25) is 0 Å². The molecule has 2 aliphatic heterocycles. The number of fused-ring (bicyclic) bond motifs is 1. The first-order chi connectivity index (χ1) is 12.5. The lowest BCUT2D eigenvalue weighted by atomic mass is 10.1. The van der Waals surface area contributed by atoms with Gasteiger partial charge in [0.25, 0.3) is 5.91 Å². The second-order valence-corrected chi connectivity index (χ2v) is 8.18. The number of anilines is 1. The van der Waals surface area contributed by atoms with Crippen LogP contribution in [0, 0.1) is 0 Å². The summed E-state index contributed by atoms with van der Waals surface area (Å²) < 4.78 is 36.1. The van der Waals surface area contributed by atoms with Crippen molar-refractivity contribution >= 4 is 21.6 Å². The van der Waals surface area contributed by atoms with Gasteiger partial charge in [-0.15, -0.1) is 0 Å². The van der Waals surface area contributed by atoms with Crippen LogP contribution in [0.4, 0.5) is 5.69 Å². The Hall–Kier alpha value is -2.74. The predicted molar refractivity (Wildman–Crippen MR) is 95.9 cm³/mol. The number of carbonyl (C=O) groups is 1. The van der Waals surface area contributed by atoms with Crippen LogP contribution in [-0.4, -0.2) is 33.4 Å². The third kappa shape index (κ3) is 3.20. The smallest absolute Gasteiger partial charge is 0.251 e. The third-order valence-corrected chi connectivity index (χ3v) is 6.26. The van der Waals surface area contributed by atoms with Crippen molar-refractivity contribution in [2.75, 3.05) is 23.4 Å². The van der Waals surface area contributed by atoms with Gasteiger partial charge in [-0.05, 0) is 42.3 Å². The Morgan fingerprint density at radius 3 is 2.77 bits per heavy atom. The van der Waals surface area contributed by atoms with E-state index >= 15 is 0 Å². The minimum absolute atomic E-state index is 0.146. The van der Waals surface area contributed by atoms with Crippen LogP contribution in [0.3, 0.4) is 0 Å². The average molecular weight is 374 g/mol. The number of carbonyl (C=O) groups excluding carboxylic acids is 1. The number of rotatable bonds is 4. The molecule has 0 radical (unpaired) electrons. The second-order valence-electron chi connectivity index (χ2n) is 6.16. The van der Waals surface area contributed by atoms with Gasteiger partial charge >= 0.3 is 0 Å². The number of amides is 1. The summed E-state index contributed by atoms with van der Waals surface area (Å²) in [6.07, 6.45) is 0.600. The Labute approximate surface area is 151 Å². The molecule has 0 atom stereocenters. The highest BCUT2D eigenvalue weighted by molar-refractivity contribution is 7.93. The summed E-state index contributed by atoms with van der Waals surface area (Å²) in [4.78, 5) is 12.4. The summed E-state index contributed by atoms with van der Waals surface area (Å²) in [5.74, 6) is 1.24. The van der Waals surface area contributed by atoms with Gasteiger partial charge in [-0.1, -0.05) is 12.1 Å². The van der Waals surface area contributed by atoms with E-state index in [0.717, 1.165) is 5.56 Å². The van der Waals surface area contributed by atoms with E-state index in [1.165, 1.54) is 4.31 Å². The lowest BCUT2D eigenvalue weighted by molar-refractivity contribution is 0.0951. The summed E-state index contributed by atoms with van der Waals surface area (Å²) in [6.45, 7) is 0.990. The molecular weight excluding hydrogens is 356 g/mol. The molecule has 26 heavy (non-hydrogen) atoms. The molecule has 0 bridgehead atoms. The molecule has 1 saturated heterocycles. The molecule has 1 fully saturated rings. The van der Waals surface area contributed by atoms with Crippen LogP contribution in [0.15, 0.2) is 42.5 Å². The second kappa shape index (κ2) is 6.53.